The number of hydrogen-bond donors (Lipinski definition) is 1. The van der Waals surface area contributed by atoms with Crippen molar-refractivity contribution < 1.29 is 19.4 Å². The summed E-state index contributed by atoms with van der Waals surface area (Å²) in [6, 6.07) is 0. The first kappa shape index (κ1) is 25.7. The molecule has 4 heteroatoms. The first-order valence-corrected chi connectivity index (χ1v) is 11.1. The summed E-state index contributed by atoms with van der Waals surface area (Å²) >= 11 is 0. The molecule has 0 aromatic carbocycles. The van der Waals surface area contributed by atoms with Gasteiger partial charge < -0.3 is 9.84 Å². The minimum absolute atomic E-state index is 0.261. The van der Waals surface area contributed by atoms with Gasteiger partial charge in [0.05, 0.1) is 7.11 Å². The Morgan fingerprint density at radius 1 is 0.667 bits per heavy atom. The maximum Gasteiger partial charge on any atom is 0.330 e. The predicted octanol–water partition coefficient (Wildman–Crippen LogP) is 6.82. The molecule has 0 rings (SSSR count). The van der Waals surface area contributed by atoms with Crippen molar-refractivity contribution in [2.24, 2.45) is 0 Å². The second-order valence-corrected chi connectivity index (χ2v) is 7.51. The number of rotatable bonds is 20. The zero-order valence-electron chi connectivity index (χ0n) is 17.6. The molecular weight excluding hydrogens is 340 g/mol. The van der Waals surface area contributed by atoms with E-state index in [4.69, 9.17) is 5.11 Å². The van der Waals surface area contributed by atoms with Crippen LogP contribution in [0.2, 0.25) is 0 Å². The molecule has 0 aliphatic heterocycles. The van der Waals surface area contributed by atoms with Crippen molar-refractivity contribution in [2.45, 2.75) is 116 Å². The van der Waals surface area contributed by atoms with E-state index in [1.807, 2.05) is 6.08 Å². The van der Waals surface area contributed by atoms with E-state index in [-0.39, 0.29) is 5.97 Å². The minimum Gasteiger partial charge on any atom is -0.481 e. The van der Waals surface area contributed by atoms with Crippen LogP contribution in [0.5, 0.6) is 0 Å². The van der Waals surface area contributed by atoms with Crippen molar-refractivity contribution in [2.75, 3.05) is 7.11 Å². The SMILES string of the molecule is COC(=O)C=CCCCCCCCCCCCCCCCCCCC(=O)O. The van der Waals surface area contributed by atoms with Crippen LogP contribution in [0.15, 0.2) is 12.2 Å². The van der Waals surface area contributed by atoms with E-state index in [0.717, 1.165) is 25.7 Å². The Morgan fingerprint density at radius 3 is 1.41 bits per heavy atom. The number of esters is 1. The lowest BCUT2D eigenvalue weighted by atomic mass is 10.0. The maximum atomic E-state index is 10.9. The van der Waals surface area contributed by atoms with E-state index < -0.39 is 5.97 Å². The molecule has 0 aliphatic rings. The smallest absolute Gasteiger partial charge is 0.330 e. The van der Waals surface area contributed by atoms with Gasteiger partial charge in [-0.05, 0) is 19.3 Å². The third kappa shape index (κ3) is 22.6. The van der Waals surface area contributed by atoms with E-state index in [1.165, 1.54) is 96.7 Å². The number of carbonyl (C=O) groups is 2. The molecule has 4 nitrogen and oxygen atoms in total. The highest BCUT2D eigenvalue weighted by Crippen LogP contribution is 2.14. The monoisotopic (exact) mass is 382 g/mol. The Kier molecular flexibility index (Phi) is 20.0. The summed E-state index contributed by atoms with van der Waals surface area (Å²) in [6.45, 7) is 0. The predicted molar refractivity (Wildman–Crippen MR) is 112 cm³/mol. The molecule has 0 aliphatic carbocycles. The molecule has 0 unspecified atom stereocenters. The fraction of sp³-hybridized carbons (Fsp3) is 0.826. The van der Waals surface area contributed by atoms with Gasteiger partial charge in [-0.25, -0.2) is 4.79 Å². The van der Waals surface area contributed by atoms with Gasteiger partial charge in [-0.15, -0.1) is 0 Å². The van der Waals surface area contributed by atoms with Gasteiger partial charge in [-0.1, -0.05) is 96.0 Å². The molecule has 0 amide bonds. The Morgan fingerprint density at radius 2 is 1.04 bits per heavy atom. The van der Waals surface area contributed by atoms with E-state index in [1.54, 1.807) is 0 Å². The van der Waals surface area contributed by atoms with Crippen molar-refractivity contribution in [1.82, 2.24) is 0 Å². The maximum absolute atomic E-state index is 10.9. The van der Waals surface area contributed by atoms with E-state index in [2.05, 4.69) is 4.74 Å². The molecule has 0 aromatic rings. The van der Waals surface area contributed by atoms with Crippen LogP contribution in [0.3, 0.4) is 0 Å². The highest BCUT2D eigenvalue weighted by molar-refractivity contribution is 5.81. The Hall–Kier alpha value is -1.32. The molecule has 0 aromatic heterocycles. The lowest BCUT2D eigenvalue weighted by Crippen LogP contribution is -1.93. The summed E-state index contributed by atoms with van der Waals surface area (Å²) in [6.07, 6.45) is 25.0. The van der Waals surface area contributed by atoms with E-state index >= 15 is 0 Å². The van der Waals surface area contributed by atoms with Gasteiger partial charge in [-0.2, -0.15) is 0 Å². The van der Waals surface area contributed by atoms with Gasteiger partial charge in [0.1, 0.15) is 0 Å². The number of unbranched alkanes of at least 4 members (excludes halogenated alkanes) is 16. The molecule has 0 atom stereocenters. The van der Waals surface area contributed by atoms with Gasteiger partial charge in [0, 0.05) is 12.5 Å². The number of hydrogen-bond acceptors (Lipinski definition) is 3. The zero-order valence-corrected chi connectivity index (χ0v) is 17.6. The number of carboxylic acids is 1. The number of allylic oxidation sites excluding steroid dienone is 1. The molecule has 0 heterocycles. The highest BCUT2D eigenvalue weighted by Gasteiger charge is 1.97. The molecule has 0 saturated carbocycles. The van der Waals surface area contributed by atoms with Crippen molar-refractivity contribution >= 4 is 11.9 Å². The zero-order chi connectivity index (χ0) is 20.0. The number of methoxy groups -OCH3 is 1. The van der Waals surface area contributed by atoms with Crippen LogP contribution in [0, 0.1) is 0 Å². The van der Waals surface area contributed by atoms with Gasteiger partial charge in [0.15, 0.2) is 0 Å². The number of carbonyl (C=O) groups excluding carboxylic acids is 1. The van der Waals surface area contributed by atoms with Gasteiger partial charge in [0.25, 0.3) is 0 Å². The Bertz CT molecular complexity index is 377. The largest absolute Gasteiger partial charge is 0.481 e. The normalized spacial score (nSPS) is 11.1. The molecule has 158 valence electrons. The fourth-order valence-corrected chi connectivity index (χ4v) is 3.26. The van der Waals surface area contributed by atoms with Crippen LogP contribution in [-0.2, 0) is 14.3 Å². The summed E-state index contributed by atoms with van der Waals surface area (Å²) < 4.78 is 4.55. The summed E-state index contributed by atoms with van der Waals surface area (Å²) in [4.78, 5) is 21.3. The van der Waals surface area contributed by atoms with Crippen LogP contribution >= 0.6 is 0 Å². The quantitative estimate of drug-likeness (QED) is 0.142. The Balaban J connectivity index is 3.08. The van der Waals surface area contributed by atoms with Gasteiger partial charge >= 0.3 is 11.9 Å². The lowest BCUT2D eigenvalue weighted by Gasteiger charge is -2.03. The van der Waals surface area contributed by atoms with Crippen LogP contribution in [-0.4, -0.2) is 24.2 Å². The molecule has 1 N–H and O–H groups in total. The van der Waals surface area contributed by atoms with Crippen molar-refractivity contribution in [3.8, 4) is 0 Å². The summed E-state index contributed by atoms with van der Waals surface area (Å²) in [5.41, 5.74) is 0. The van der Waals surface area contributed by atoms with E-state index in [9.17, 15) is 9.59 Å². The minimum atomic E-state index is -0.667. The first-order chi connectivity index (χ1) is 13.2. The Labute approximate surface area is 166 Å². The average molecular weight is 383 g/mol. The lowest BCUT2D eigenvalue weighted by molar-refractivity contribution is -0.137. The van der Waals surface area contributed by atoms with Crippen molar-refractivity contribution in [3.05, 3.63) is 12.2 Å². The van der Waals surface area contributed by atoms with Gasteiger partial charge in [-0.3, -0.25) is 4.79 Å². The second-order valence-electron chi connectivity index (χ2n) is 7.51. The standard InChI is InChI=1S/C23H42O4/c1-27-23(26)21-19-17-15-13-11-9-7-5-3-2-4-6-8-10-12-14-16-18-20-22(24)25/h19,21H,2-18,20H2,1H3,(H,24,25). The molecule has 0 fully saturated rings. The van der Waals surface area contributed by atoms with Crippen LogP contribution in [0.4, 0.5) is 0 Å². The van der Waals surface area contributed by atoms with Crippen LogP contribution in [0.25, 0.3) is 0 Å². The number of ether oxygens (including phenoxy) is 1. The summed E-state index contributed by atoms with van der Waals surface area (Å²) in [7, 11) is 1.41. The molecule has 0 radical (unpaired) electrons. The molecule has 0 spiro atoms. The fourth-order valence-electron chi connectivity index (χ4n) is 3.26. The van der Waals surface area contributed by atoms with Crippen molar-refractivity contribution in [3.63, 3.8) is 0 Å². The number of carboxylic acid groups (broad SMARTS) is 1. The highest BCUT2D eigenvalue weighted by atomic mass is 16.5. The third-order valence-electron chi connectivity index (χ3n) is 4.97. The van der Waals surface area contributed by atoms with Crippen molar-refractivity contribution in [1.29, 1.82) is 0 Å². The molecular formula is C23H42O4. The average Bonchev–Trinajstić information content (AvgIpc) is 2.65. The van der Waals surface area contributed by atoms with Crippen LogP contribution < -0.4 is 0 Å². The second kappa shape index (κ2) is 21.0. The van der Waals surface area contributed by atoms with E-state index in [0.29, 0.717) is 6.42 Å². The summed E-state index contributed by atoms with van der Waals surface area (Å²) in [5, 5.41) is 8.56. The van der Waals surface area contributed by atoms with Gasteiger partial charge in [0.2, 0.25) is 0 Å². The first-order valence-electron chi connectivity index (χ1n) is 11.1. The molecule has 27 heavy (non-hydrogen) atoms. The molecule has 0 bridgehead atoms. The number of aliphatic carboxylic acids is 1. The topological polar surface area (TPSA) is 63.6 Å². The van der Waals surface area contributed by atoms with Crippen LogP contribution in [0.1, 0.15) is 116 Å². The summed E-state index contributed by atoms with van der Waals surface area (Å²) in [5.74, 6) is -0.928. The molecule has 0 saturated heterocycles. The third-order valence-corrected chi connectivity index (χ3v) is 4.97.